The predicted molar refractivity (Wildman–Crippen MR) is 146 cm³/mol. The Labute approximate surface area is 213 Å². The van der Waals surface area contributed by atoms with Crippen LogP contribution >= 0.6 is 12.4 Å². The van der Waals surface area contributed by atoms with Crippen LogP contribution in [0, 0.1) is 12.8 Å². The minimum Gasteiger partial charge on any atom is -0.478 e. The van der Waals surface area contributed by atoms with Crippen LogP contribution in [0.4, 0.5) is 0 Å². The van der Waals surface area contributed by atoms with Crippen LogP contribution in [0.1, 0.15) is 63.5 Å². The standard InChI is InChI=1S/C31H31NO2.ClH/c1-20-14-15-25(31(33)34)18-29(20)30-17-22(16-24-9-4-6-12-28(24)30)19-32-21(2)26-13-7-10-23-8-3-5-11-27(23)26;/h3-15,18,21-22,30,32H,16-17,19H2,1-2H3,(H,33,34);1H/t21-,22-,30?;/m1./s1. The maximum atomic E-state index is 11.7. The molecular weight excluding hydrogens is 454 g/mol. The molecule has 0 saturated carbocycles. The van der Waals surface area contributed by atoms with Gasteiger partial charge >= 0.3 is 5.97 Å². The molecule has 1 aliphatic carbocycles. The summed E-state index contributed by atoms with van der Waals surface area (Å²) in [5, 5.41) is 16.0. The van der Waals surface area contributed by atoms with E-state index in [9.17, 15) is 9.90 Å². The van der Waals surface area contributed by atoms with Gasteiger partial charge in [0.2, 0.25) is 0 Å². The first-order chi connectivity index (χ1) is 16.5. The SMILES string of the molecule is Cc1ccc(C(=O)O)cc1C1C[C@H](CN[C@H](C)c2cccc3ccccc23)Cc2ccccc21.Cl. The van der Waals surface area contributed by atoms with E-state index in [1.165, 1.54) is 27.5 Å². The molecule has 2 N–H and O–H groups in total. The molecule has 0 spiro atoms. The van der Waals surface area contributed by atoms with Gasteiger partial charge in [0.05, 0.1) is 5.56 Å². The Hall–Kier alpha value is -3.14. The molecule has 0 heterocycles. The highest BCUT2D eigenvalue weighted by Crippen LogP contribution is 2.40. The van der Waals surface area contributed by atoms with Gasteiger partial charge in [-0.2, -0.15) is 0 Å². The van der Waals surface area contributed by atoms with Gasteiger partial charge < -0.3 is 10.4 Å². The van der Waals surface area contributed by atoms with Crippen LogP contribution in [-0.2, 0) is 6.42 Å². The van der Waals surface area contributed by atoms with Crippen molar-refractivity contribution in [2.45, 2.75) is 38.6 Å². The van der Waals surface area contributed by atoms with Crippen molar-refractivity contribution in [3.05, 3.63) is 118 Å². The smallest absolute Gasteiger partial charge is 0.335 e. The van der Waals surface area contributed by atoms with E-state index in [-0.39, 0.29) is 24.4 Å². The molecule has 4 heteroatoms. The van der Waals surface area contributed by atoms with Crippen molar-refractivity contribution in [1.82, 2.24) is 5.32 Å². The Bertz CT molecular complexity index is 1340. The van der Waals surface area contributed by atoms with Gasteiger partial charge in [0.1, 0.15) is 0 Å². The molecule has 4 aromatic rings. The minimum absolute atomic E-state index is 0. The molecule has 4 aromatic carbocycles. The van der Waals surface area contributed by atoms with Crippen molar-refractivity contribution in [3.63, 3.8) is 0 Å². The number of hydrogen-bond donors (Lipinski definition) is 2. The molecular formula is C31H32ClNO2. The molecule has 180 valence electrons. The van der Waals surface area contributed by atoms with Gasteiger partial charge in [0, 0.05) is 12.0 Å². The molecule has 35 heavy (non-hydrogen) atoms. The molecule has 5 rings (SSSR count). The van der Waals surface area contributed by atoms with Crippen LogP contribution in [0.5, 0.6) is 0 Å². The number of hydrogen-bond acceptors (Lipinski definition) is 2. The summed E-state index contributed by atoms with van der Waals surface area (Å²) >= 11 is 0. The first kappa shape index (κ1) is 25.0. The van der Waals surface area contributed by atoms with Crippen LogP contribution < -0.4 is 5.32 Å². The number of carboxylic acid groups (broad SMARTS) is 1. The lowest BCUT2D eigenvalue weighted by Gasteiger charge is -2.34. The molecule has 1 aliphatic rings. The Kier molecular flexibility index (Phi) is 7.59. The summed E-state index contributed by atoms with van der Waals surface area (Å²) < 4.78 is 0. The van der Waals surface area contributed by atoms with Crippen LogP contribution in [0.25, 0.3) is 10.8 Å². The largest absolute Gasteiger partial charge is 0.478 e. The number of fused-ring (bicyclic) bond motifs is 2. The van der Waals surface area contributed by atoms with E-state index >= 15 is 0 Å². The van der Waals surface area contributed by atoms with Gasteiger partial charge in [-0.3, -0.25) is 0 Å². The van der Waals surface area contributed by atoms with E-state index < -0.39 is 5.97 Å². The molecule has 0 amide bonds. The maximum absolute atomic E-state index is 11.7. The van der Waals surface area contributed by atoms with Crippen molar-refractivity contribution < 1.29 is 9.90 Å². The molecule has 3 nitrogen and oxygen atoms in total. The third-order valence-electron chi connectivity index (χ3n) is 7.41. The number of benzene rings is 4. The molecule has 0 bridgehead atoms. The summed E-state index contributed by atoms with van der Waals surface area (Å²) in [7, 11) is 0. The minimum atomic E-state index is -0.868. The molecule has 3 atom stereocenters. The van der Waals surface area contributed by atoms with Crippen LogP contribution in [0.15, 0.2) is 84.9 Å². The molecule has 0 saturated heterocycles. The lowest BCUT2D eigenvalue weighted by atomic mass is 9.72. The number of aromatic carboxylic acids is 1. The zero-order valence-corrected chi connectivity index (χ0v) is 21.0. The highest BCUT2D eigenvalue weighted by atomic mass is 35.5. The van der Waals surface area contributed by atoms with Gasteiger partial charge in [0.15, 0.2) is 0 Å². The summed E-state index contributed by atoms with van der Waals surface area (Å²) in [6.45, 7) is 5.26. The van der Waals surface area contributed by atoms with Crippen LogP contribution in [0.3, 0.4) is 0 Å². The van der Waals surface area contributed by atoms with Gasteiger partial charge in [-0.25, -0.2) is 4.79 Å². The number of halogens is 1. The molecule has 0 fully saturated rings. The summed E-state index contributed by atoms with van der Waals surface area (Å²) in [6.07, 6.45) is 2.05. The van der Waals surface area contributed by atoms with Gasteiger partial charge in [-0.05, 0) is 89.9 Å². The zero-order chi connectivity index (χ0) is 23.7. The van der Waals surface area contributed by atoms with Gasteiger partial charge in [0.25, 0.3) is 0 Å². The second kappa shape index (κ2) is 10.6. The zero-order valence-electron chi connectivity index (χ0n) is 20.2. The fourth-order valence-corrected chi connectivity index (χ4v) is 5.60. The summed E-state index contributed by atoms with van der Waals surface area (Å²) in [5.74, 6) is -0.179. The highest BCUT2D eigenvalue weighted by molar-refractivity contribution is 5.88. The maximum Gasteiger partial charge on any atom is 0.335 e. The first-order valence-electron chi connectivity index (χ1n) is 12.1. The highest BCUT2D eigenvalue weighted by Gasteiger charge is 2.29. The van der Waals surface area contributed by atoms with Crippen molar-refractivity contribution in [2.75, 3.05) is 6.54 Å². The fraction of sp³-hybridized carbons (Fsp3) is 0.258. The predicted octanol–water partition coefficient (Wildman–Crippen LogP) is 7.31. The molecule has 0 aliphatic heterocycles. The number of nitrogens with one attached hydrogen (secondary N) is 1. The summed E-state index contributed by atoms with van der Waals surface area (Å²) in [4.78, 5) is 11.7. The lowest BCUT2D eigenvalue weighted by Crippen LogP contribution is -2.31. The lowest BCUT2D eigenvalue weighted by molar-refractivity contribution is 0.0696. The third-order valence-corrected chi connectivity index (χ3v) is 7.41. The van der Waals surface area contributed by atoms with Crippen LogP contribution in [0.2, 0.25) is 0 Å². The first-order valence-corrected chi connectivity index (χ1v) is 12.1. The van der Waals surface area contributed by atoms with E-state index in [1.54, 1.807) is 6.07 Å². The average Bonchev–Trinajstić information content (AvgIpc) is 2.86. The third kappa shape index (κ3) is 5.12. The molecule has 0 aromatic heterocycles. The number of carboxylic acids is 1. The van der Waals surface area contributed by atoms with E-state index in [1.807, 2.05) is 12.1 Å². The average molecular weight is 486 g/mol. The van der Waals surface area contributed by atoms with E-state index in [0.29, 0.717) is 11.5 Å². The van der Waals surface area contributed by atoms with E-state index in [2.05, 4.69) is 85.9 Å². The van der Waals surface area contributed by atoms with Crippen LogP contribution in [-0.4, -0.2) is 17.6 Å². The summed E-state index contributed by atoms with van der Waals surface area (Å²) in [6, 6.07) is 29.6. The molecule has 0 radical (unpaired) electrons. The van der Waals surface area contributed by atoms with Crippen molar-refractivity contribution >= 4 is 29.1 Å². The second-order valence-electron chi connectivity index (χ2n) is 9.63. The Morgan fingerprint density at radius 1 is 0.971 bits per heavy atom. The Morgan fingerprint density at radius 2 is 1.71 bits per heavy atom. The Morgan fingerprint density at radius 3 is 2.54 bits per heavy atom. The fourth-order valence-electron chi connectivity index (χ4n) is 5.60. The Balaban J connectivity index is 0.00000289. The van der Waals surface area contributed by atoms with Crippen molar-refractivity contribution in [1.29, 1.82) is 0 Å². The number of aryl methyl sites for hydroxylation is 1. The van der Waals surface area contributed by atoms with Crippen molar-refractivity contribution in [3.8, 4) is 0 Å². The second-order valence-corrected chi connectivity index (χ2v) is 9.63. The topological polar surface area (TPSA) is 49.3 Å². The summed E-state index contributed by atoms with van der Waals surface area (Å²) in [5.41, 5.74) is 6.70. The van der Waals surface area contributed by atoms with E-state index in [4.69, 9.17) is 0 Å². The van der Waals surface area contributed by atoms with Gasteiger partial charge in [-0.1, -0.05) is 72.8 Å². The number of carbonyl (C=O) groups is 1. The quantitative estimate of drug-likeness (QED) is 0.301. The monoisotopic (exact) mass is 485 g/mol. The molecule has 1 unspecified atom stereocenters. The van der Waals surface area contributed by atoms with E-state index in [0.717, 1.165) is 30.5 Å². The number of rotatable bonds is 6. The normalized spacial score (nSPS) is 17.9. The van der Waals surface area contributed by atoms with Crippen molar-refractivity contribution in [2.24, 2.45) is 5.92 Å². The van der Waals surface area contributed by atoms with Gasteiger partial charge in [-0.15, -0.1) is 12.4 Å².